The van der Waals surface area contributed by atoms with Crippen molar-refractivity contribution in [2.45, 2.75) is 11.2 Å². The molecule has 1 nitrogen and oxygen atoms in total. The molecular weight excluding hydrogens is 258 g/mol. The predicted molar refractivity (Wildman–Crippen MR) is 63.9 cm³/mol. The number of aromatic nitrogens is 1. The van der Waals surface area contributed by atoms with Crippen LogP contribution in [0, 0.1) is 0 Å². The maximum absolute atomic E-state index is 4.07. The van der Waals surface area contributed by atoms with Gasteiger partial charge in [-0.25, -0.2) is 0 Å². The van der Waals surface area contributed by atoms with E-state index in [9.17, 15) is 0 Å². The fraction of sp³-hybridized carbons (Fsp3) is 0.182. The normalized spacial score (nSPS) is 12.6. The number of rotatable bonds is 3. The molecule has 0 aliphatic rings. The summed E-state index contributed by atoms with van der Waals surface area (Å²) < 4.78 is 0. The summed E-state index contributed by atoms with van der Waals surface area (Å²) in [5.41, 5.74) is 3.22. The Bertz CT molecular complexity index is 371. The summed E-state index contributed by atoms with van der Waals surface area (Å²) >= 11 is 5.36. The number of benzene rings is 1. The highest BCUT2D eigenvalue weighted by molar-refractivity contribution is 9.09. The van der Waals surface area contributed by atoms with Gasteiger partial charge < -0.3 is 0 Å². The van der Waals surface area contributed by atoms with Gasteiger partial charge in [-0.1, -0.05) is 46.3 Å². The average Bonchev–Trinajstić information content (AvgIpc) is 2.72. The highest BCUT2D eigenvalue weighted by Gasteiger charge is 2.09. The topological polar surface area (TPSA) is 12.9 Å². The van der Waals surface area contributed by atoms with Crippen LogP contribution in [0.3, 0.4) is 0 Å². The zero-order valence-corrected chi connectivity index (χ0v) is 9.96. The molecule has 0 amide bonds. The Morgan fingerprint density at radius 3 is 2.71 bits per heavy atom. The molecule has 0 aliphatic carbocycles. The van der Waals surface area contributed by atoms with Gasteiger partial charge in [-0.05, 0) is 12.0 Å². The van der Waals surface area contributed by atoms with E-state index in [0.29, 0.717) is 4.83 Å². The first-order chi connectivity index (χ1) is 6.86. The van der Waals surface area contributed by atoms with Gasteiger partial charge >= 0.3 is 0 Å². The number of hydrogen-bond donors (Lipinski definition) is 0. The highest BCUT2D eigenvalue weighted by atomic mass is 79.9. The minimum atomic E-state index is 0.386. The Kier molecular flexibility index (Phi) is 3.32. The first-order valence-electron chi connectivity index (χ1n) is 4.42. The minimum Gasteiger partial charge on any atom is -0.253 e. The van der Waals surface area contributed by atoms with Crippen molar-refractivity contribution < 1.29 is 0 Å². The average molecular weight is 268 g/mol. The minimum absolute atomic E-state index is 0.386. The second-order valence-electron chi connectivity index (χ2n) is 3.06. The molecule has 0 spiro atoms. The molecule has 3 heteroatoms. The first-order valence-corrected chi connectivity index (χ1v) is 6.22. The maximum Gasteiger partial charge on any atom is 0.0794 e. The lowest BCUT2D eigenvalue weighted by Crippen LogP contribution is -1.92. The number of thiazole rings is 1. The van der Waals surface area contributed by atoms with Gasteiger partial charge in [0.2, 0.25) is 0 Å². The second-order valence-corrected chi connectivity index (χ2v) is 5.08. The predicted octanol–water partition coefficient (Wildman–Crippen LogP) is 3.82. The number of hydrogen-bond acceptors (Lipinski definition) is 2. The van der Waals surface area contributed by atoms with Gasteiger partial charge in [0.1, 0.15) is 0 Å². The molecule has 14 heavy (non-hydrogen) atoms. The van der Waals surface area contributed by atoms with Crippen molar-refractivity contribution in [2.75, 3.05) is 0 Å². The smallest absolute Gasteiger partial charge is 0.0794 e. The lowest BCUT2D eigenvalue weighted by atomic mass is 10.1. The van der Waals surface area contributed by atoms with Crippen LogP contribution in [0.4, 0.5) is 0 Å². The van der Waals surface area contributed by atoms with Gasteiger partial charge in [-0.15, -0.1) is 11.3 Å². The summed E-state index contributed by atoms with van der Waals surface area (Å²) in [7, 11) is 0. The molecule has 0 saturated heterocycles. The number of alkyl halides is 1. The quantitative estimate of drug-likeness (QED) is 0.771. The molecule has 1 unspecified atom stereocenters. The van der Waals surface area contributed by atoms with Crippen molar-refractivity contribution in [2.24, 2.45) is 0 Å². The van der Waals surface area contributed by atoms with Gasteiger partial charge in [-0.2, -0.15) is 0 Å². The van der Waals surface area contributed by atoms with Gasteiger partial charge in [0.25, 0.3) is 0 Å². The van der Waals surface area contributed by atoms with E-state index < -0.39 is 0 Å². The van der Waals surface area contributed by atoms with Gasteiger partial charge in [-0.3, -0.25) is 4.98 Å². The van der Waals surface area contributed by atoms with E-state index in [1.807, 2.05) is 17.8 Å². The monoisotopic (exact) mass is 267 g/mol. The number of nitrogens with zero attached hydrogens (tertiary/aromatic N) is 1. The van der Waals surface area contributed by atoms with Crippen molar-refractivity contribution >= 4 is 27.3 Å². The summed E-state index contributed by atoms with van der Waals surface area (Å²) in [6.07, 6.45) is 2.94. The van der Waals surface area contributed by atoms with E-state index in [-0.39, 0.29) is 0 Å². The molecule has 2 rings (SSSR count). The summed E-state index contributed by atoms with van der Waals surface area (Å²) in [6, 6.07) is 10.5. The third kappa shape index (κ3) is 2.42. The lowest BCUT2D eigenvalue weighted by molar-refractivity contribution is 0.965. The van der Waals surface area contributed by atoms with Crippen LogP contribution in [-0.2, 0) is 6.42 Å². The first kappa shape index (κ1) is 9.87. The molecule has 1 aromatic carbocycles. The van der Waals surface area contributed by atoms with Crippen LogP contribution < -0.4 is 0 Å². The largest absolute Gasteiger partial charge is 0.253 e. The Morgan fingerprint density at radius 1 is 1.29 bits per heavy atom. The molecule has 0 bridgehead atoms. The van der Waals surface area contributed by atoms with Crippen molar-refractivity contribution in [1.82, 2.24) is 4.98 Å². The maximum atomic E-state index is 4.07. The van der Waals surface area contributed by atoms with Crippen LogP contribution in [0.1, 0.15) is 15.3 Å². The molecule has 0 fully saturated rings. The molecule has 1 aromatic heterocycles. The van der Waals surface area contributed by atoms with Crippen LogP contribution >= 0.6 is 27.3 Å². The van der Waals surface area contributed by atoms with Gasteiger partial charge in [0.15, 0.2) is 0 Å². The molecule has 0 saturated carbocycles. The van der Waals surface area contributed by atoms with E-state index in [1.165, 1.54) is 10.4 Å². The Balaban J connectivity index is 2.06. The summed E-state index contributed by atoms with van der Waals surface area (Å²) in [5, 5.41) is 0. The standard InChI is InChI=1S/C11H10BrNS/c12-10(11-7-13-8-14-11)6-9-4-2-1-3-5-9/h1-5,7-8,10H,6H2. The molecular formula is C11H10BrNS. The van der Waals surface area contributed by atoms with Crippen molar-refractivity contribution in [1.29, 1.82) is 0 Å². The van der Waals surface area contributed by atoms with Crippen LogP contribution in [-0.4, -0.2) is 4.98 Å². The zero-order valence-electron chi connectivity index (χ0n) is 7.56. The third-order valence-corrected chi connectivity index (χ3v) is 4.03. The van der Waals surface area contributed by atoms with Crippen molar-refractivity contribution in [3.63, 3.8) is 0 Å². The Morgan fingerprint density at radius 2 is 2.07 bits per heavy atom. The molecule has 1 heterocycles. The molecule has 2 aromatic rings. The highest BCUT2D eigenvalue weighted by Crippen LogP contribution is 2.29. The number of halogens is 1. The SMILES string of the molecule is BrC(Cc1ccccc1)c1cncs1. The fourth-order valence-electron chi connectivity index (χ4n) is 1.30. The third-order valence-electron chi connectivity index (χ3n) is 2.02. The van der Waals surface area contributed by atoms with E-state index in [0.717, 1.165) is 6.42 Å². The second kappa shape index (κ2) is 4.71. The Hall–Kier alpha value is -0.670. The molecule has 0 N–H and O–H groups in total. The summed E-state index contributed by atoms with van der Waals surface area (Å²) in [4.78, 5) is 5.75. The van der Waals surface area contributed by atoms with Crippen LogP contribution in [0.15, 0.2) is 42.0 Å². The van der Waals surface area contributed by atoms with E-state index >= 15 is 0 Å². The van der Waals surface area contributed by atoms with E-state index in [4.69, 9.17) is 0 Å². The van der Waals surface area contributed by atoms with E-state index in [1.54, 1.807) is 11.3 Å². The lowest BCUT2D eigenvalue weighted by Gasteiger charge is -2.06. The molecule has 0 radical (unpaired) electrons. The van der Waals surface area contributed by atoms with Gasteiger partial charge in [0, 0.05) is 11.1 Å². The van der Waals surface area contributed by atoms with Crippen LogP contribution in [0.2, 0.25) is 0 Å². The molecule has 1 atom stereocenters. The zero-order chi connectivity index (χ0) is 9.80. The van der Waals surface area contributed by atoms with E-state index in [2.05, 4.69) is 45.2 Å². The Labute approximate surface area is 95.9 Å². The fourth-order valence-corrected chi connectivity index (χ4v) is 2.71. The summed E-state index contributed by atoms with van der Waals surface area (Å²) in [5.74, 6) is 0. The summed E-state index contributed by atoms with van der Waals surface area (Å²) in [6.45, 7) is 0. The van der Waals surface area contributed by atoms with Gasteiger partial charge in [0.05, 0.1) is 10.3 Å². The van der Waals surface area contributed by atoms with Crippen LogP contribution in [0.25, 0.3) is 0 Å². The molecule has 0 aliphatic heterocycles. The van der Waals surface area contributed by atoms with Crippen LogP contribution in [0.5, 0.6) is 0 Å². The molecule has 72 valence electrons. The van der Waals surface area contributed by atoms with Crippen molar-refractivity contribution in [3.05, 3.63) is 52.5 Å². The van der Waals surface area contributed by atoms with Crippen molar-refractivity contribution in [3.8, 4) is 0 Å².